The van der Waals surface area contributed by atoms with Gasteiger partial charge in [0.2, 0.25) is 0 Å². The molecule has 0 bridgehead atoms. The fraction of sp³-hybridized carbons (Fsp3) is 0.467. The van der Waals surface area contributed by atoms with Crippen molar-refractivity contribution in [3.63, 3.8) is 0 Å². The Hall–Kier alpha value is -3.18. The molecule has 8 heteroatoms. The summed E-state index contributed by atoms with van der Waals surface area (Å²) in [7, 11) is -3.41. The number of rotatable bonds is 8. The van der Waals surface area contributed by atoms with Gasteiger partial charge in [-0.05, 0) is 74.8 Å². The third-order valence-corrected chi connectivity index (χ3v) is 9.10. The summed E-state index contributed by atoms with van der Waals surface area (Å²) < 4.78 is 44.9. The van der Waals surface area contributed by atoms with E-state index in [2.05, 4.69) is 6.07 Å². The lowest BCUT2D eigenvalue weighted by Crippen LogP contribution is -2.46. The molecule has 0 aromatic heterocycles. The van der Waals surface area contributed by atoms with E-state index in [-0.39, 0.29) is 35.0 Å². The van der Waals surface area contributed by atoms with Crippen molar-refractivity contribution in [3.05, 3.63) is 76.3 Å². The molecule has 2 aromatic carbocycles. The number of cyclic esters (lactones) is 1. The topological polar surface area (TPSA) is 104 Å². The minimum atomic E-state index is -3.41. The van der Waals surface area contributed by atoms with Crippen LogP contribution in [0.5, 0.6) is 0 Å². The van der Waals surface area contributed by atoms with E-state index in [9.17, 15) is 28.0 Å². The summed E-state index contributed by atoms with van der Waals surface area (Å²) in [6.45, 7) is 3.34. The number of aryl methyl sites for hydroxylation is 1. The molecule has 4 rings (SSSR count). The molecule has 0 radical (unpaired) electrons. The largest absolute Gasteiger partial charge is 0.512 e. The molecule has 1 aliphatic carbocycles. The van der Waals surface area contributed by atoms with Crippen LogP contribution < -0.4 is 0 Å². The first-order valence-corrected chi connectivity index (χ1v) is 14.9. The van der Waals surface area contributed by atoms with E-state index in [1.807, 2.05) is 0 Å². The molecule has 1 aliphatic heterocycles. The predicted octanol–water partition coefficient (Wildman–Crippen LogP) is 5.89. The number of benzene rings is 2. The molecular formula is C30H34FNO5S. The highest BCUT2D eigenvalue weighted by atomic mass is 32.2. The third-order valence-electron chi connectivity index (χ3n) is 7.99. The molecule has 0 spiro atoms. The summed E-state index contributed by atoms with van der Waals surface area (Å²) in [4.78, 5) is 13.4. The molecule has 6 nitrogen and oxygen atoms in total. The Morgan fingerprint density at radius 2 is 1.87 bits per heavy atom. The smallest absolute Gasteiger partial charge is 0.338 e. The first kappa shape index (κ1) is 27.8. The summed E-state index contributed by atoms with van der Waals surface area (Å²) in [5, 5.41) is 20.5. The zero-order chi connectivity index (χ0) is 27.7. The van der Waals surface area contributed by atoms with E-state index >= 15 is 0 Å². The highest BCUT2D eigenvalue weighted by molar-refractivity contribution is 7.90. The predicted molar refractivity (Wildman–Crippen MR) is 142 cm³/mol. The van der Waals surface area contributed by atoms with Crippen LogP contribution in [0.3, 0.4) is 0 Å². The van der Waals surface area contributed by atoms with Gasteiger partial charge in [-0.15, -0.1) is 0 Å². The van der Waals surface area contributed by atoms with Crippen LogP contribution in [0.25, 0.3) is 0 Å². The van der Waals surface area contributed by atoms with Crippen molar-refractivity contribution < 1.29 is 27.4 Å². The van der Waals surface area contributed by atoms with Crippen molar-refractivity contribution in [1.29, 1.82) is 5.26 Å². The molecule has 1 fully saturated rings. The number of aliphatic hydroxyl groups excluding tert-OH is 1. The normalized spacial score (nSPS) is 20.9. The first-order chi connectivity index (χ1) is 17.8. The number of aliphatic hydroxyl groups is 1. The van der Waals surface area contributed by atoms with Gasteiger partial charge >= 0.3 is 5.97 Å². The van der Waals surface area contributed by atoms with Gasteiger partial charge in [-0.3, -0.25) is 0 Å². The van der Waals surface area contributed by atoms with Gasteiger partial charge in [0.15, 0.2) is 9.84 Å². The van der Waals surface area contributed by atoms with Crippen molar-refractivity contribution in [2.24, 2.45) is 5.92 Å². The summed E-state index contributed by atoms with van der Waals surface area (Å²) in [6, 6.07) is 13.3. The fourth-order valence-electron chi connectivity index (χ4n) is 5.71. The minimum absolute atomic E-state index is 0.0322. The van der Waals surface area contributed by atoms with Gasteiger partial charge in [0.05, 0.1) is 22.0 Å². The Bertz CT molecular complexity index is 1420. The van der Waals surface area contributed by atoms with E-state index in [1.165, 1.54) is 18.2 Å². The Morgan fingerprint density at radius 1 is 1.16 bits per heavy atom. The maximum Gasteiger partial charge on any atom is 0.338 e. The van der Waals surface area contributed by atoms with E-state index in [1.54, 1.807) is 38.1 Å². The minimum Gasteiger partial charge on any atom is -0.512 e. The van der Waals surface area contributed by atoms with Crippen LogP contribution in [0, 0.1) is 23.1 Å². The molecule has 1 atom stereocenters. The van der Waals surface area contributed by atoms with Gasteiger partial charge < -0.3 is 9.84 Å². The molecular weight excluding hydrogens is 505 g/mol. The number of ether oxygens (including phenoxy) is 1. The lowest BCUT2D eigenvalue weighted by Gasteiger charge is -2.42. The monoisotopic (exact) mass is 539 g/mol. The van der Waals surface area contributed by atoms with E-state index in [4.69, 9.17) is 4.74 Å². The Morgan fingerprint density at radius 3 is 2.47 bits per heavy atom. The molecule has 2 aliphatic rings. The van der Waals surface area contributed by atoms with E-state index < -0.39 is 32.6 Å². The van der Waals surface area contributed by atoms with Crippen molar-refractivity contribution in [3.8, 4) is 6.07 Å². The van der Waals surface area contributed by atoms with Gasteiger partial charge in [-0.1, -0.05) is 37.1 Å². The zero-order valence-electron chi connectivity index (χ0n) is 22.1. The van der Waals surface area contributed by atoms with Gasteiger partial charge in [-0.2, -0.15) is 5.26 Å². The lowest BCUT2D eigenvalue weighted by atomic mass is 9.76. The van der Waals surface area contributed by atoms with Gasteiger partial charge in [0.25, 0.3) is 0 Å². The SMILES string of the molecule is CC(C)(C#N)c1ccc(CCC2(C3CCCC3)CC(O)=C(Cc3cccc(S(C)(=O)=O)c3)C(=O)O2)cc1F. The molecule has 1 N–H and O–H groups in total. The van der Waals surface area contributed by atoms with Crippen molar-refractivity contribution in [2.75, 3.05) is 6.26 Å². The Labute approximate surface area is 224 Å². The second-order valence-corrected chi connectivity index (χ2v) is 13.2. The van der Waals surface area contributed by atoms with Gasteiger partial charge in [0, 0.05) is 24.7 Å². The third kappa shape index (κ3) is 5.78. The number of carbonyl (C=O) groups is 1. The van der Waals surface area contributed by atoms with Crippen LogP contribution in [0.1, 0.15) is 69.1 Å². The molecule has 0 saturated heterocycles. The summed E-state index contributed by atoms with van der Waals surface area (Å²) in [5.41, 5.74) is -0.0325. The molecule has 1 saturated carbocycles. The van der Waals surface area contributed by atoms with Crippen molar-refractivity contribution >= 4 is 15.8 Å². The number of hydrogen-bond donors (Lipinski definition) is 1. The quantitative estimate of drug-likeness (QED) is 0.419. The van der Waals surface area contributed by atoms with Crippen LogP contribution in [-0.4, -0.2) is 31.4 Å². The summed E-state index contributed by atoms with van der Waals surface area (Å²) >= 11 is 0. The van der Waals surface area contributed by atoms with Crippen LogP contribution in [0.4, 0.5) is 4.39 Å². The van der Waals surface area contributed by atoms with E-state index in [0.717, 1.165) is 37.5 Å². The zero-order valence-corrected chi connectivity index (χ0v) is 22.9. The number of nitrogens with zero attached hydrogens (tertiary/aromatic N) is 1. The van der Waals surface area contributed by atoms with Crippen LogP contribution >= 0.6 is 0 Å². The summed E-state index contributed by atoms with van der Waals surface area (Å²) in [5.74, 6) is -0.978. The van der Waals surface area contributed by atoms with Crippen LogP contribution in [0.2, 0.25) is 0 Å². The van der Waals surface area contributed by atoms with Crippen LogP contribution in [0.15, 0.2) is 58.7 Å². The number of sulfone groups is 1. The average molecular weight is 540 g/mol. The summed E-state index contributed by atoms with van der Waals surface area (Å²) in [6.07, 6.45) is 6.06. The number of carbonyl (C=O) groups excluding carboxylic acids is 1. The average Bonchev–Trinajstić information content (AvgIpc) is 3.40. The standard InChI is InChI=1S/C30H34FNO5S/c1-29(2,19-32)25-12-11-20(17-26(25)31)13-14-30(22-8-4-5-9-22)18-27(33)24(28(34)37-30)16-21-7-6-10-23(15-21)38(3,35)36/h6-7,10-12,15,17,22,33H,4-5,8-9,13-14,16,18H2,1-3H3. The number of nitriles is 1. The Balaban J connectivity index is 1.58. The highest BCUT2D eigenvalue weighted by Gasteiger charge is 2.48. The molecule has 202 valence electrons. The van der Waals surface area contributed by atoms with Gasteiger partial charge in [0.1, 0.15) is 17.2 Å². The molecule has 38 heavy (non-hydrogen) atoms. The maximum atomic E-state index is 14.9. The van der Waals surface area contributed by atoms with Crippen molar-refractivity contribution in [2.45, 2.75) is 81.1 Å². The highest BCUT2D eigenvalue weighted by Crippen LogP contribution is 2.46. The maximum absolute atomic E-state index is 14.9. The first-order valence-electron chi connectivity index (χ1n) is 13.0. The lowest BCUT2D eigenvalue weighted by molar-refractivity contribution is -0.167. The molecule has 1 unspecified atom stereocenters. The molecule has 0 amide bonds. The molecule has 2 aromatic rings. The number of hydrogen-bond acceptors (Lipinski definition) is 6. The fourth-order valence-corrected chi connectivity index (χ4v) is 6.41. The second kappa shape index (κ2) is 10.5. The second-order valence-electron chi connectivity index (χ2n) is 11.2. The number of esters is 1. The van der Waals surface area contributed by atoms with Crippen LogP contribution in [-0.2, 0) is 37.6 Å². The molecule has 1 heterocycles. The Kier molecular flexibility index (Phi) is 7.72. The number of halogens is 1. The van der Waals surface area contributed by atoms with E-state index in [0.29, 0.717) is 24.0 Å². The van der Waals surface area contributed by atoms with Crippen molar-refractivity contribution in [1.82, 2.24) is 0 Å². The van der Waals surface area contributed by atoms with Gasteiger partial charge in [-0.25, -0.2) is 17.6 Å².